The first-order chi connectivity index (χ1) is 13.7. The molecule has 8 heteroatoms. The molecule has 1 fully saturated rings. The zero-order chi connectivity index (χ0) is 19.8. The van der Waals surface area contributed by atoms with Crippen LogP contribution in [0.25, 0.3) is 0 Å². The summed E-state index contributed by atoms with van der Waals surface area (Å²) in [5, 5.41) is 4.79. The SMILES string of the molecule is COc1cc(C(=O)NCCN2CCCCCC2=O)ccc1OCc1cscn1. The van der Waals surface area contributed by atoms with Gasteiger partial charge in [0, 0.05) is 37.0 Å². The van der Waals surface area contributed by atoms with Crippen molar-refractivity contribution < 1.29 is 19.1 Å². The number of thiazole rings is 1. The first-order valence-corrected chi connectivity index (χ1v) is 10.4. The Labute approximate surface area is 168 Å². The van der Waals surface area contributed by atoms with E-state index in [1.54, 1.807) is 23.7 Å². The van der Waals surface area contributed by atoms with Crippen LogP contribution >= 0.6 is 11.3 Å². The largest absolute Gasteiger partial charge is 0.493 e. The van der Waals surface area contributed by atoms with Gasteiger partial charge in [-0.05, 0) is 31.0 Å². The predicted molar refractivity (Wildman–Crippen MR) is 107 cm³/mol. The van der Waals surface area contributed by atoms with Crippen molar-refractivity contribution in [1.82, 2.24) is 15.2 Å². The van der Waals surface area contributed by atoms with Crippen molar-refractivity contribution in [2.24, 2.45) is 0 Å². The first kappa shape index (κ1) is 20.1. The third-order valence-electron chi connectivity index (χ3n) is 4.62. The lowest BCUT2D eigenvalue weighted by molar-refractivity contribution is -0.130. The van der Waals surface area contributed by atoms with Gasteiger partial charge in [0.2, 0.25) is 5.91 Å². The Morgan fingerprint density at radius 3 is 2.96 bits per heavy atom. The summed E-state index contributed by atoms with van der Waals surface area (Å²) < 4.78 is 11.1. The van der Waals surface area contributed by atoms with E-state index in [4.69, 9.17) is 9.47 Å². The molecule has 1 aliphatic heterocycles. The van der Waals surface area contributed by atoms with Crippen molar-refractivity contribution in [2.45, 2.75) is 32.3 Å². The smallest absolute Gasteiger partial charge is 0.251 e. The molecule has 2 heterocycles. The molecular weight excluding hydrogens is 378 g/mol. The van der Waals surface area contributed by atoms with E-state index in [1.807, 2.05) is 10.3 Å². The number of amides is 2. The first-order valence-electron chi connectivity index (χ1n) is 9.41. The number of likely N-dealkylation sites (tertiary alicyclic amines) is 1. The molecule has 2 aromatic rings. The molecule has 150 valence electrons. The van der Waals surface area contributed by atoms with Gasteiger partial charge in [-0.1, -0.05) is 6.42 Å². The minimum Gasteiger partial charge on any atom is -0.493 e. The number of rotatable bonds is 8. The van der Waals surface area contributed by atoms with E-state index in [1.165, 1.54) is 18.4 Å². The molecule has 3 rings (SSSR count). The van der Waals surface area contributed by atoms with Crippen LogP contribution in [0.2, 0.25) is 0 Å². The highest BCUT2D eigenvalue weighted by molar-refractivity contribution is 7.07. The normalized spacial score (nSPS) is 14.5. The van der Waals surface area contributed by atoms with E-state index in [0.717, 1.165) is 31.5 Å². The summed E-state index contributed by atoms with van der Waals surface area (Å²) in [5.41, 5.74) is 3.08. The minimum absolute atomic E-state index is 0.176. The van der Waals surface area contributed by atoms with Gasteiger partial charge in [0.05, 0.1) is 18.3 Å². The lowest BCUT2D eigenvalue weighted by atomic mass is 10.2. The molecule has 0 unspecified atom stereocenters. The lowest BCUT2D eigenvalue weighted by Crippen LogP contribution is -2.38. The highest BCUT2D eigenvalue weighted by Crippen LogP contribution is 2.28. The van der Waals surface area contributed by atoms with Gasteiger partial charge >= 0.3 is 0 Å². The third-order valence-corrected chi connectivity index (χ3v) is 5.26. The van der Waals surface area contributed by atoms with Crippen LogP contribution in [0.1, 0.15) is 41.7 Å². The van der Waals surface area contributed by atoms with Crippen molar-refractivity contribution >= 4 is 23.2 Å². The van der Waals surface area contributed by atoms with Crippen LogP contribution < -0.4 is 14.8 Å². The number of hydrogen-bond acceptors (Lipinski definition) is 6. The number of ether oxygens (including phenoxy) is 2. The molecule has 0 aliphatic carbocycles. The summed E-state index contributed by atoms with van der Waals surface area (Å²) >= 11 is 1.51. The summed E-state index contributed by atoms with van der Waals surface area (Å²) in [6.45, 7) is 2.08. The van der Waals surface area contributed by atoms with Crippen molar-refractivity contribution in [1.29, 1.82) is 0 Å². The molecule has 0 atom stereocenters. The highest BCUT2D eigenvalue weighted by Gasteiger charge is 2.17. The number of hydrogen-bond donors (Lipinski definition) is 1. The monoisotopic (exact) mass is 403 g/mol. The van der Waals surface area contributed by atoms with Gasteiger partial charge in [-0.2, -0.15) is 0 Å². The van der Waals surface area contributed by atoms with Gasteiger partial charge in [0.25, 0.3) is 5.91 Å². The molecule has 0 bridgehead atoms. The summed E-state index contributed by atoms with van der Waals surface area (Å²) in [4.78, 5) is 30.5. The molecular formula is C20H25N3O4S. The average Bonchev–Trinajstić information content (AvgIpc) is 3.15. The summed E-state index contributed by atoms with van der Waals surface area (Å²) in [6.07, 6.45) is 3.68. The zero-order valence-corrected chi connectivity index (χ0v) is 16.8. The molecule has 0 saturated carbocycles. The fourth-order valence-electron chi connectivity index (χ4n) is 3.07. The molecule has 1 aliphatic rings. The summed E-state index contributed by atoms with van der Waals surface area (Å²) in [7, 11) is 1.54. The van der Waals surface area contributed by atoms with Crippen LogP contribution in [0.5, 0.6) is 11.5 Å². The number of methoxy groups -OCH3 is 1. The van der Waals surface area contributed by atoms with Crippen molar-refractivity contribution in [2.75, 3.05) is 26.7 Å². The Morgan fingerprint density at radius 1 is 1.29 bits per heavy atom. The number of nitrogens with one attached hydrogen (secondary N) is 1. The van der Waals surface area contributed by atoms with Crippen LogP contribution in [0.4, 0.5) is 0 Å². The maximum Gasteiger partial charge on any atom is 0.251 e. The average molecular weight is 404 g/mol. The molecule has 1 N–H and O–H groups in total. The number of carbonyl (C=O) groups excluding carboxylic acids is 2. The number of carbonyl (C=O) groups is 2. The van der Waals surface area contributed by atoms with Gasteiger partial charge in [-0.15, -0.1) is 11.3 Å². The third kappa shape index (κ3) is 5.45. The maximum atomic E-state index is 12.4. The molecule has 1 aromatic heterocycles. The second-order valence-corrected chi connectivity index (χ2v) is 7.30. The van der Waals surface area contributed by atoms with E-state index < -0.39 is 0 Å². The summed E-state index contributed by atoms with van der Waals surface area (Å²) in [5.74, 6) is 1.02. The van der Waals surface area contributed by atoms with Gasteiger partial charge in [-0.25, -0.2) is 4.98 Å². The van der Waals surface area contributed by atoms with Crippen LogP contribution in [0, 0.1) is 0 Å². The Hall–Kier alpha value is -2.61. The van der Waals surface area contributed by atoms with E-state index in [9.17, 15) is 9.59 Å². The van der Waals surface area contributed by atoms with E-state index >= 15 is 0 Å². The zero-order valence-electron chi connectivity index (χ0n) is 16.0. The predicted octanol–water partition coefficient (Wildman–Crippen LogP) is 2.86. The summed E-state index contributed by atoms with van der Waals surface area (Å²) in [6, 6.07) is 5.08. The number of aromatic nitrogens is 1. The van der Waals surface area contributed by atoms with E-state index in [2.05, 4.69) is 10.3 Å². The Balaban J connectivity index is 1.53. The quantitative estimate of drug-likeness (QED) is 0.733. The van der Waals surface area contributed by atoms with Crippen LogP contribution in [-0.4, -0.2) is 48.4 Å². The van der Waals surface area contributed by atoms with Crippen molar-refractivity contribution in [3.8, 4) is 11.5 Å². The molecule has 2 amide bonds. The standard InChI is InChI=1S/C20H25N3O4S/c1-26-18-11-15(6-7-17(18)27-12-16-13-28-14-22-16)20(25)21-8-10-23-9-4-2-3-5-19(23)24/h6-7,11,13-14H,2-5,8-10,12H2,1H3,(H,21,25). The molecule has 0 radical (unpaired) electrons. The fraction of sp³-hybridized carbons (Fsp3) is 0.450. The Kier molecular flexibility index (Phi) is 7.25. The van der Waals surface area contributed by atoms with Gasteiger partial charge in [0.1, 0.15) is 6.61 Å². The van der Waals surface area contributed by atoms with Gasteiger partial charge in [-0.3, -0.25) is 9.59 Å². The molecule has 7 nitrogen and oxygen atoms in total. The number of nitrogens with zero attached hydrogens (tertiary/aromatic N) is 2. The van der Waals surface area contributed by atoms with Crippen molar-refractivity contribution in [3.63, 3.8) is 0 Å². The Morgan fingerprint density at radius 2 is 2.18 bits per heavy atom. The van der Waals surface area contributed by atoms with Crippen LogP contribution in [0.3, 0.4) is 0 Å². The van der Waals surface area contributed by atoms with Crippen LogP contribution in [-0.2, 0) is 11.4 Å². The second-order valence-electron chi connectivity index (χ2n) is 6.58. The van der Waals surface area contributed by atoms with Gasteiger partial charge in [0.15, 0.2) is 11.5 Å². The maximum absolute atomic E-state index is 12.4. The van der Waals surface area contributed by atoms with Crippen molar-refractivity contribution in [3.05, 3.63) is 40.3 Å². The Bertz CT molecular complexity index is 795. The highest BCUT2D eigenvalue weighted by atomic mass is 32.1. The van der Waals surface area contributed by atoms with E-state index in [-0.39, 0.29) is 11.8 Å². The minimum atomic E-state index is -0.202. The topological polar surface area (TPSA) is 80.8 Å². The molecule has 28 heavy (non-hydrogen) atoms. The lowest BCUT2D eigenvalue weighted by Gasteiger charge is -2.20. The number of benzene rings is 1. The fourth-order valence-corrected chi connectivity index (χ4v) is 3.61. The molecule has 0 spiro atoms. The second kappa shape index (κ2) is 10.1. The van der Waals surface area contributed by atoms with E-state index in [0.29, 0.717) is 43.2 Å². The molecule has 1 aromatic carbocycles. The van der Waals surface area contributed by atoms with Gasteiger partial charge < -0.3 is 19.7 Å². The van der Waals surface area contributed by atoms with Crippen LogP contribution in [0.15, 0.2) is 29.1 Å². The molecule has 1 saturated heterocycles.